The van der Waals surface area contributed by atoms with E-state index in [4.69, 9.17) is 0 Å². The van der Waals surface area contributed by atoms with Crippen molar-refractivity contribution in [3.05, 3.63) is 35.4 Å². The van der Waals surface area contributed by atoms with Gasteiger partial charge >= 0.3 is 16.4 Å². The third-order valence-corrected chi connectivity index (χ3v) is 2.31. The van der Waals surface area contributed by atoms with Gasteiger partial charge in [-0.1, -0.05) is 18.2 Å². The first-order valence-electron chi connectivity index (χ1n) is 3.77. The Hall–Kier alpha value is -1.11. The van der Waals surface area contributed by atoms with E-state index in [1.54, 1.807) is 0 Å². The molecule has 0 N–H and O–H groups in total. The van der Waals surface area contributed by atoms with Gasteiger partial charge in [-0.25, -0.2) is 0 Å². The molecule has 1 rings (SSSR count). The summed E-state index contributed by atoms with van der Waals surface area (Å²) >= 11 is 0. The summed E-state index contributed by atoms with van der Waals surface area (Å²) in [6.07, 6.45) is -4.68. The Balaban J connectivity index is 3.19. The van der Waals surface area contributed by atoms with Crippen molar-refractivity contribution in [3.8, 4) is 0 Å². The SMILES string of the molecule is O=S(=O)(F)Cc1ccccc1C(F)(F)F. The van der Waals surface area contributed by atoms with E-state index in [9.17, 15) is 25.5 Å². The van der Waals surface area contributed by atoms with Crippen LogP contribution in [0.5, 0.6) is 0 Å². The van der Waals surface area contributed by atoms with E-state index in [1.807, 2.05) is 0 Å². The fourth-order valence-corrected chi connectivity index (χ4v) is 1.73. The molecule has 0 aliphatic heterocycles. The highest BCUT2D eigenvalue weighted by molar-refractivity contribution is 7.85. The molecule has 1 aromatic carbocycles. The van der Waals surface area contributed by atoms with E-state index in [2.05, 4.69) is 0 Å². The smallest absolute Gasteiger partial charge is 0.194 e. The van der Waals surface area contributed by atoms with E-state index >= 15 is 0 Å². The summed E-state index contributed by atoms with van der Waals surface area (Å²) in [5.41, 5.74) is -1.72. The highest BCUT2D eigenvalue weighted by Gasteiger charge is 2.33. The van der Waals surface area contributed by atoms with Crippen molar-refractivity contribution >= 4 is 10.2 Å². The predicted octanol–water partition coefficient (Wildman–Crippen LogP) is 2.50. The van der Waals surface area contributed by atoms with Gasteiger partial charge in [-0.15, -0.1) is 3.89 Å². The summed E-state index contributed by atoms with van der Waals surface area (Å²) in [6.45, 7) is 0. The Morgan fingerprint density at radius 2 is 1.67 bits per heavy atom. The quantitative estimate of drug-likeness (QED) is 0.589. The van der Waals surface area contributed by atoms with Crippen LogP contribution in [0.25, 0.3) is 0 Å². The van der Waals surface area contributed by atoms with Crippen molar-refractivity contribution in [1.29, 1.82) is 0 Å². The van der Waals surface area contributed by atoms with Crippen molar-refractivity contribution in [2.24, 2.45) is 0 Å². The zero-order chi connectivity index (χ0) is 11.7. The molecular weight excluding hydrogens is 236 g/mol. The lowest BCUT2D eigenvalue weighted by Gasteiger charge is -2.10. The zero-order valence-corrected chi connectivity index (χ0v) is 8.07. The number of benzene rings is 1. The van der Waals surface area contributed by atoms with Gasteiger partial charge in [0.2, 0.25) is 0 Å². The van der Waals surface area contributed by atoms with Gasteiger partial charge in [0, 0.05) is 0 Å². The van der Waals surface area contributed by atoms with Gasteiger partial charge in [0.1, 0.15) is 5.75 Å². The maximum atomic E-state index is 12.3. The van der Waals surface area contributed by atoms with Crippen molar-refractivity contribution in [2.45, 2.75) is 11.9 Å². The van der Waals surface area contributed by atoms with Crippen LogP contribution in [0.15, 0.2) is 24.3 Å². The number of alkyl halides is 3. The molecule has 2 nitrogen and oxygen atoms in total. The number of halogens is 4. The monoisotopic (exact) mass is 242 g/mol. The van der Waals surface area contributed by atoms with E-state index in [-0.39, 0.29) is 0 Å². The fraction of sp³-hybridized carbons (Fsp3) is 0.250. The van der Waals surface area contributed by atoms with Crippen LogP contribution in [0, 0.1) is 0 Å². The Kier molecular flexibility index (Phi) is 3.03. The van der Waals surface area contributed by atoms with Crippen molar-refractivity contribution in [3.63, 3.8) is 0 Å². The molecule has 7 heteroatoms. The summed E-state index contributed by atoms with van der Waals surface area (Å²) in [5.74, 6) is -1.26. The molecule has 0 atom stereocenters. The molecule has 0 amide bonds. The van der Waals surface area contributed by atoms with E-state index in [1.165, 1.54) is 6.07 Å². The molecular formula is C8H6F4O2S. The van der Waals surface area contributed by atoms with Gasteiger partial charge in [0.05, 0.1) is 5.56 Å². The Morgan fingerprint density at radius 1 is 1.13 bits per heavy atom. The molecule has 0 heterocycles. The molecule has 0 bridgehead atoms. The first-order chi connectivity index (χ1) is 6.70. The summed E-state index contributed by atoms with van der Waals surface area (Å²) in [5, 5.41) is 0. The van der Waals surface area contributed by atoms with E-state index < -0.39 is 33.3 Å². The second-order valence-corrected chi connectivity index (χ2v) is 4.20. The number of hydrogen-bond donors (Lipinski definition) is 0. The summed E-state index contributed by atoms with van der Waals surface area (Å²) in [4.78, 5) is 0. The maximum Gasteiger partial charge on any atom is 0.416 e. The van der Waals surface area contributed by atoms with Crippen molar-refractivity contribution in [2.75, 3.05) is 0 Å². The maximum absolute atomic E-state index is 12.3. The van der Waals surface area contributed by atoms with Crippen LogP contribution in [0.2, 0.25) is 0 Å². The Labute approximate surface area is 83.7 Å². The highest BCUT2D eigenvalue weighted by atomic mass is 32.3. The van der Waals surface area contributed by atoms with Crippen molar-refractivity contribution < 1.29 is 25.5 Å². The average Bonchev–Trinajstić information content (AvgIpc) is 1.99. The normalized spacial score (nSPS) is 12.8. The molecule has 0 fully saturated rings. The largest absolute Gasteiger partial charge is 0.416 e. The van der Waals surface area contributed by atoms with Crippen LogP contribution in [0.1, 0.15) is 11.1 Å². The summed E-state index contributed by atoms with van der Waals surface area (Å²) in [6, 6.07) is 3.97. The molecule has 0 saturated heterocycles. The van der Waals surface area contributed by atoms with Crippen molar-refractivity contribution in [1.82, 2.24) is 0 Å². The molecule has 0 unspecified atom stereocenters. The molecule has 0 spiro atoms. The third kappa shape index (κ3) is 3.50. The van der Waals surface area contributed by atoms with Crippen LogP contribution in [0.3, 0.4) is 0 Å². The highest BCUT2D eigenvalue weighted by Crippen LogP contribution is 2.32. The summed E-state index contributed by atoms with van der Waals surface area (Å²) in [7, 11) is -4.96. The molecule has 0 aromatic heterocycles. The summed E-state index contributed by atoms with van der Waals surface area (Å²) < 4.78 is 69.7. The van der Waals surface area contributed by atoms with E-state index in [0.717, 1.165) is 12.1 Å². The minimum absolute atomic E-state index is 0.590. The number of hydrogen-bond acceptors (Lipinski definition) is 2. The standard InChI is InChI=1S/C8H6F4O2S/c9-8(10,11)7-4-2-1-3-6(7)5-15(12,13)14/h1-4H,5H2. The lowest BCUT2D eigenvalue weighted by atomic mass is 10.1. The minimum atomic E-state index is -4.96. The first kappa shape index (κ1) is 12.0. The van der Waals surface area contributed by atoms with Crippen LogP contribution < -0.4 is 0 Å². The van der Waals surface area contributed by atoms with Gasteiger partial charge in [-0.3, -0.25) is 0 Å². The van der Waals surface area contributed by atoms with Crippen LogP contribution in [-0.4, -0.2) is 8.42 Å². The first-order valence-corrected chi connectivity index (χ1v) is 5.33. The average molecular weight is 242 g/mol. The Bertz CT molecular complexity index is 450. The van der Waals surface area contributed by atoms with E-state index in [0.29, 0.717) is 6.07 Å². The van der Waals surface area contributed by atoms with Gasteiger partial charge in [0.15, 0.2) is 0 Å². The Morgan fingerprint density at radius 3 is 2.13 bits per heavy atom. The van der Waals surface area contributed by atoms with Crippen LogP contribution >= 0.6 is 0 Å². The van der Waals surface area contributed by atoms with Gasteiger partial charge < -0.3 is 0 Å². The van der Waals surface area contributed by atoms with Crippen LogP contribution in [-0.2, 0) is 22.2 Å². The van der Waals surface area contributed by atoms with Gasteiger partial charge in [-0.05, 0) is 11.6 Å². The molecule has 0 radical (unpaired) electrons. The molecule has 0 aliphatic rings. The molecule has 0 saturated carbocycles. The second kappa shape index (κ2) is 3.80. The van der Waals surface area contributed by atoms with Gasteiger partial charge in [-0.2, -0.15) is 21.6 Å². The molecule has 15 heavy (non-hydrogen) atoms. The topological polar surface area (TPSA) is 34.1 Å². The third-order valence-electron chi connectivity index (χ3n) is 1.65. The van der Waals surface area contributed by atoms with Crippen LogP contribution in [0.4, 0.5) is 17.1 Å². The number of rotatable bonds is 2. The fourth-order valence-electron chi connectivity index (χ4n) is 1.11. The molecule has 0 aliphatic carbocycles. The van der Waals surface area contributed by atoms with Gasteiger partial charge in [0.25, 0.3) is 0 Å². The lowest BCUT2D eigenvalue weighted by molar-refractivity contribution is -0.138. The zero-order valence-electron chi connectivity index (χ0n) is 7.25. The molecule has 1 aromatic rings. The molecule has 84 valence electrons. The second-order valence-electron chi connectivity index (χ2n) is 2.84. The minimum Gasteiger partial charge on any atom is -0.194 e. The predicted molar refractivity (Wildman–Crippen MR) is 45.2 cm³/mol. The lowest BCUT2D eigenvalue weighted by Crippen LogP contribution is -2.10.